The summed E-state index contributed by atoms with van der Waals surface area (Å²) in [7, 11) is 1.53. The smallest absolute Gasteiger partial charge is 0.294 e. The molecule has 8 nitrogen and oxygen atoms in total. The Labute approximate surface area is 255 Å². The van der Waals surface area contributed by atoms with Gasteiger partial charge < -0.3 is 19.5 Å². The summed E-state index contributed by atoms with van der Waals surface area (Å²) >= 11 is 4.33. The monoisotopic (exact) mass is 646 g/mol. The molecule has 1 saturated heterocycles. The van der Waals surface area contributed by atoms with Crippen LogP contribution in [0.1, 0.15) is 18.1 Å². The molecule has 0 aromatic heterocycles. The summed E-state index contributed by atoms with van der Waals surface area (Å²) in [5.41, 5.74) is 2.17. The number of ether oxygens (including phenoxy) is 3. The minimum absolute atomic E-state index is 0.202. The number of carbonyl (C=O) groups is 3. The Balaban J connectivity index is 1.25. The molecule has 42 heavy (non-hydrogen) atoms. The third kappa shape index (κ3) is 6.78. The van der Waals surface area contributed by atoms with E-state index in [1.54, 1.807) is 42.5 Å². The highest BCUT2D eigenvalue weighted by Crippen LogP contribution is 2.39. The number of imide groups is 1. The zero-order valence-corrected chi connectivity index (χ0v) is 25.3. The summed E-state index contributed by atoms with van der Waals surface area (Å²) in [5, 5.41) is 4.46. The van der Waals surface area contributed by atoms with Crippen LogP contribution in [0.25, 0.3) is 16.8 Å². The van der Waals surface area contributed by atoms with E-state index in [1.165, 1.54) is 7.11 Å². The summed E-state index contributed by atoms with van der Waals surface area (Å²) < 4.78 is 17.7. The van der Waals surface area contributed by atoms with Crippen LogP contribution < -0.4 is 19.5 Å². The Hall–Kier alpha value is -4.28. The van der Waals surface area contributed by atoms with Gasteiger partial charge in [-0.3, -0.25) is 19.3 Å². The maximum absolute atomic E-state index is 13.0. The molecule has 3 amide bonds. The van der Waals surface area contributed by atoms with Gasteiger partial charge in [0.25, 0.3) is 11.1 Å². The molecule has 5 rings (SSSR count). The lowest BCUT2D eigenvalue weighted by Gasteiger charge is -2.14. The van der Waals surface area contributed by atoms with E-state index in [0.29, 0.717) is 46.2 Å². The number of fused-ring (bicyclic) bond motifs is 1. The number of benzene rings is 4. The minimum atomic E-state index is -0.543. The molecule has 10 heteroatoms. The van der Waals surface area contributed by atoms with E-state index in [9.17, 15) is 14.4 Å². The number of nitrogens with zero attached hydrogens (tertiary/aromatic N) is 1. The molecule has 0 unspecified atom stereocenters. The van der Waals surface area contributed by atoms with Crippen LogP contribution in [-0.4, -0.2) is 42.2 Å². The van der Waals surface area contributed by atoms with Crippen molar-refractivity contribution in [3.8, 4) is 17.2 Å². The van der Waals surface area contributed by atoms with Gasteiger partial charge in [-0.2, -0.15) is 0 Å². The highest BCUT2D eigenvalue weighted by Gasteiger charge is 2.36. The molecule has 214 valence electrons. The second kappa shape index (κ2) is 13.1. The first-order chi connectivity index (χ1) is 20.3. The molecule has 0 aliphatic carbocycles. The van der Waals surface area contributed by atoms with E-state index in [0.717, 1.165) is 33.0 Å². The largest absolute Gasteiger partial charge is 0.494 e. The van der Waals surface area contributed by atoms with Crippen molar-refractivity contribution in [2.24, 2.45) is 0 Å². The number of methoxy groups -OCH3 is 1. The fourth-order valence-electron chi connectivity index (χ4n) is 4.38. The molecule has 1 aliphatic rings. The molecule has 1 N–H and O–H groups in total. The van der Waals surface area contributed by atoms with Crippen LogP contribution in [0, 0.1) is 0 Å². The van der Waals surface area contributed by atoms with Crippen LogP contribution in [0.5, 0.6) is 17.2 Å². The molecular weight excluding hydrogens is 620 g/mol. The van der Waals surface area contributed by atoms with Gasteiger partial charge >= 0.3 is 0 Å². The van der Waals surface area contributed by atoms with Gasteiger partial charge in [0.05, 0.1) is 23.1 Å². The van der Waals surface area contributed by atoms with Crippen molar-refractivity contribution in [1.29, 1.82) is 0 Å². The van der Waals surface area contributed by atoms with Crippen LogP contribution in [0.15, 0.2) is 88.2 Å². The Morgan fingerprint density at radius 1 is 0.976 bits per heavy atom. The molecule has 1 aliphatic heterocycles. The maximum Gasteiger partial charge on any atom is 0.294 e. The lowest BCUT2D eigenvalue weighted by atomic mass is 10.1. The molecular formula is C32H27BrN2O6S. The Kier molecular flexibility index (Phi) is 9.14. The molecule has 4 aromatic rings. The fraction of sp³-hybridized carbons (Fsp3) is 0.156. The van der Waals surface area contributed by atoms with Crippen LogP contribution in [0.4, 0.5) is 10.5 Å². The fourth-order valence-corrected chi connectivity index (χ4v) is 5.79. The third-order valence-corrected chi connectivity index (χ3v) is 7.87. The maximum atomic E-state index is 13.0. The first-order valence-electron chi connectivity index (χ1n) is 13.1. The van der Waals surface area contributed by atoms with Crippen molar-refractivity contribution in [2.75, 3.05) is 25.6 Å². The molecule has 0 radical (unpaired) electrons. The molecule has 0 saturated carbocycles. The average Bonchev–Trinajstić information content (AvgIpc) is 3.24. The standard InChI is InChI=1S/C32H27BrN2O6S/c1-3-40-25-12-10-24(11-13-25)34-29(36)18-35-31(37)28(42-32(35)38)17-21-15-26(33)30(27(16-21)39-2)41-19-20-8-9-22-6-4-5-7-23(22)14-20/h4-17H,3,18-19H2,1-2H3,(H,34,36)/b28-17+. The van der Waals surface area contributed by atoms with E-state index >= 15 is 0 Å². The van der Waals surface area contributed by atoms with Gasteiger partial charge in [-0.25, -0.2) is 0 Å². The van der Waals surface area contributed by atoms with Crippen molar-refractivity contribution >= 4 is 67.3 Å². The summed E-state index contributed by atoms with van der Waals surface area (Å²) in [6.45, 7) is 2.35. The van der Waals surface area contributed by atoms with Crippen molar-refractivity contribution in [3.63, 3.8) is 0 Å². The van der Waals surface area contributed by atoms with Crippen LogP contribution >= 0.6 is 27.7 Å². The number of amides is 3. The molecule has 4 aromatic carbocycles. The van der Waals surface area contributed by atoms with E-state index in [2.05, 4.69) is 45.5 Å². The third-order valence-electron chi connectivity index (χ3n) is 6.37. The average molecular weight is 648 g/mol. The Morgan fingerprint density at radius 2 is 1.74 bits per heavy atom. The number of halogens is 1. The van der Waals surface area contributed by atoms with Crippen molar-refractivity contribution < 1.29 is 28.6 Å². The van der Waals surface area contributed by atoms with Crippen molar-refractivity contribution in [3.05, 3.63) is 99.4 Å². The first-order valence-corrected chi connectivity index (χ1v) is 14.7. The molecule has 1 fully saturated rings. The molecule has 0 spiro atoms. The van der Waals surface area contributed by atoms with Gasteiger partial charge in [0, 0.05) is 5.69 Å². The Bertz CT molecular complexity index is 1690. The highest BCUT2D eigenvalue weighted by atomic mass is 79.9. The number of hydrogen-bond donors (Lipinski definition) is 1. The first kappa shape index (κ1) is 29.2. The molecule has 0 atom stereocenters. The summed E-state index contributed by atoms with van der Waals surface area (Å²) in [6.07, 6.45) is 1.59. The zero-order valence-electron chi connectivity index (χ0n) is 22.9. The number of nitrogens with one attached hydrogen (secondary N) is 1. The number of hydrogen-bond acceptors (Lipinski definition) is 7. The predicted octanol–water partition coefficient (Wildman–Crippen LogP) is 7.26. The van der Waals surface area contributed by atoms with Crippen LogP contribution in [0.3, 0.4) is 0 Å². The van der Waals surface area contributed by atoms with Gasteiger partial charge in [0.15, 0.2) is 11.5 Å². The Morgan fingerprint density at radius 3 is 2.48 bits per heavy atom. The van der Waals surface area contributed by atoms with Crippen LogP contribution in [0.2, 0.25) is 0 Å². The molecule has 1 heterocycles. The molecule has 0 bridgehead atoms. The van der Waals surface area contributed by atoms with E-state index in [4.69, 9.17) is 14.2 Å². The highest BCUT2D eigenvalue weighted by molar-refractivity contribution is 9.10. The summed E-state index contributed by atoms with van der Waals surface area (Å²) in [5.74, 6) is 0.630. The quantitative estimate of drug-likeness (QED) is 0.181. The van der Waals surface area contributed by atoms with Crippen molar-refractivity contribution in [1.82, 2.24) is 4.90 Å². The van der Waals surface area contributed by atoms with Gasteiger partial charge in [0.2, 0.25) is 5.91 Å². The number of carbonyl (C=O) groups excluding carboxylic acids is 3. The number of thioether (sulfide) groups is 1. The second-order valence-electron chi connectivity index (χ2n) is 9.28. The predicted molar refractivity (Wildman–Crippen MR) is 168 cm³/mol. The topological polar surface area (TPSA) is 94.2 Å². The van der Waals surface area contributed by atoms with Gasteiger partial charge in [-0.05, 0) is 105 Å². The summed E-state index contributed by atoms with van der Waals surface area (Å²) in [6, 6.07) is 24.6. The van der Waals surface area contributed by atoms with E-state index in [-0.39, 0.29) is 4.91 Å². The number of anilines is 1. The van der Waals surface area contributed by atoms with Gasteiger partial charge in [-0.15, -0.1) is 0 Å². The lowest BCUT2D eigenvalue weighted by Crippen LogP contribution is -2.36. The second-order valence-corrected chi connectivity index (χ2v) is 11.1. The lowest BCUT2D eigenvalue weighted by molar-refractivity contribution is -0.127. The van der Waals surface area contributed by atoms with Gasteiger partial charge in [0.1, 0.15) is 18.9 Å². The van der Waals surface area contributed by atoms with Crippen molar-refractivity contribution in [2.45, 2.75) is 13.5 Å². The zero-order chi connectivity index (χ0) is 29.6. The minimum Gasteiger partial charge on any atom is -0.494 e. The van der Waals surface area contributed by atoms with E-state index < -0.39 is 23.6 Å². The normalized spacial score (nSPS) is 14.0. The number of rotatable bonds is 10. The van der Waals surface area contributed by atoms with Gasteiger partial charge in [-0.1, -0.05) is 36.4 Å². The SMILES string of the molecule is CCOc1ccc(NC(=O)CN2C(=O)S/C(=C/c3cc(Br)c(OCc4ccc5ccccc5c4)c(OC)c3)C2=O)cc1. The van der Waals surface area contributed by atoms with Crippen LogP contribution in [-0.2, 0) is 16.2 Å². The van der Waals surface area contributed by atoms with E-state index in [1.807, 2.05) is 25.1 Å². The summed E-state index contributed by atoms with van der Waals surface area (Å²) in [4.78, 5) is 39.3.